The molecule has 0 saturated heterocycles. The smallest absolute Gasteiger partial charge is 0.243 e. The fraction of sp³-hybridized carbons (Fsp3) is 0.400. The fourth-order valence-corrected chi connectivity index (χ4v) is 5.63. The maximum absolute atomic E-state index is 13.3. The van der Waals surface area contributed by atoms with Crippen molar-refractivity contribution in [1.29, 1.82) is 0 Å². The lowest BCUT2D eigenvalue weighted by Gasteiger charge is -2.27. The molecule has 0 bridgehead atoms. The fourth-order valence-electron chi connectivity index (χ4n) is 4.22. The monoisotopic (exact) mass is 453 g/mol. The highest BCUT2D eigenvalue weighted by Gasteiger charge is 2.32. The Bertz CT molecular complexity index is 1150. The molecule has 2 heterocycles. The van der Waals surface area contributed by atoms with Gasteiger partial charge in [-0.15, -0.1) is 0 Å². The van der Waals surface area contributed by atoms with Crippen LogP contribution in [0.25, 0.3) is 0 Å². The predicted octanol–water partition coefficient (Wildman–Crippen LogP) is 4.08. The number of sulfonamides is 1. The van der Waals surface area contributed by atoms with Gasteiger partial charge in [0.15, 0.2) is 0 Å². The highest BCUT2D eigenvalue weighted by molar-refractivity contribution is 7.89. The lowest BCUT2D eigenvalue weighted by Crippen LogP contribution is -2.36. The summed E-state index contributed by atoms with van der Waals surface area (Å²) in [6, 6.07) is 17.3. The van der Waals surface area contributed by atoms with Crippen LogP contribution >= 0.6 is 0 Å². The van der Waals surface area contributed by atoms with Gasteiger partial charge in [-0.25, -0.2) is 8.42 Å². The molecule has 1 aliphatic heterocycles. The van der Waals surface area contributed by atoms with E-state index < -0.39 is 10.0 Å². The van der Waals surface area contributed by atoms with Crippen molar-refractivity contribution in [3.63, 3.8) is 0 Å². The zero-order valence-corrected chi connectivity index (χ0v) is 19.8. The molecule has 1 aliphatic rings. The Morgan fingerprint density at radius 1 is 1.00 bits per heavy atom. The number of nitrogens with zero attached hydrogens (tertiary/aromatic N) is 3. The van der Waals surface area contributed by atoms with Gasteiger partial charge in [-0.3, -0.25) is 4.68 Å². The Morgan fingerprint density at radius 2 is 1.72 bits per heavy atom. The Hall–Kier alpha value is -2.48. The van der Waals surface area contributed by atoms with E-state index in [1.807, 2.05) is 54.2 Å². The van der Waals surface area contributed by atoms with E-state index >= 15 is 0 Å². The highest BCUT2D eigenvalue weighted by atomic mass is 32.2. The normalized spacial score (nSPS) is 14.6. The number of ether oxygens (including phenoxy) is 1. The molecule has 7 heteroatoms. The number of rotatable bonds is 8. The first kappa shape index (κ1) is 22.7. The van der Waals surface area contributed by atoms with Gasteiger partial charge in [-0.1, -0.05) is 56.3 Å². The minimum absolute atomic E-state index is 0.323. The molecule has 0 aliphatic carbocycles. The lowest BCUT2D eigenvalue weighted by molar-refractivity contribution is 0.103. The van der Waals surface area contributed by atoms with Gasteiger partial charge in [0, 0.05) is 37.8 Å². The highest BCUT2D eigenvalue weighted by Crippen LogP contribution is 2.28. The lowest BCUT2D eigenvalue weighted by atomic mass is 10.0. The summed E-state index contributed by atoms with van der Waals surface area (Å²) < 4.78 is 35.9. The van der Waals surface area contributed by atoms with Crippen LogP contribution in [-0.4, -0.2) is 29.0 Å². The number of aryl methyl sites for hydroxylation is 1. The zero-order valence-electron chi connectivity index (χ0n) is 19.0. The van der Waals surface area contributed by atoms with Crippen LogP contribution in [0.1, 0.15) is 41.9 Å². The van der Waals surface area contributed by atoms with E-state index in [2.05, 4.69) is 18.9 Å². The van der Waals surface area contributed by atoms with Gasteiger partial charge in [0.05, 0.1) is 23.8 Å². The Balaban J connectivity index is 1.48. The van der Waals surface area contributed by atoms with Crippen molar-refractivity contribution in [3.8, 4) is 0 Å². The van der Waals surface area contributed by atoms with Crippen LogP contribution in [0.15, 0.2) is 59.5 Å². The minimum Gasteiger partial charge on any atom is -0.370 e. The van der Waals surface area contributed by atoms with E-state index in [9.17, 15) is 8.42 Å². The Morgan fingerprint density at radius 3 is 2.41 bits per heavy atom. The molecule has 2 aromatic carbocycles. The van der Waals surface area contributed by atoms with Gasteiger partial charge in [-0.2, -0.15) is 9.40 Å². The molecule has 0 spiro atoms. The van der Waals surface area contributed by atoms with Gasteiger partial charge >= 0.3 is 0 Å². The van der Waals surface area contributed by atoms with Crippen LogP contribution < -0.4 is 0 Å². The quantitative estimate of drug-likeness (QED) is 0.516. The predicted molar refractivity (Wildman–Crippen MR) is 124 cm³/mol. The van der Waals surface area contributed by atoms with Crippen LogP contribution in [0.3, 0.4) is 0 Å². The van der Waals surface area contributed by atoms with Crippen molar-refractivity contribution in [3.05, 3.63) is 82.7 Å². The van der Waals surface area contributed by atoms with Crippen molar-refractivity contribution in [1.82, 2.24) is 14.1 Å². The van der Waals surface area contributed by atoms with Crippen LogP contribution in [-0.2, 0) is 54.4 Å². The van der Waals surface area contributed by atoms with E-state index in [0.717, 1.165) is 34.5 Å². The first-order valence-electron chi connectivity index (χ1n) is 11.1. The second kappa shape index (κ2) is 9.57. The molecule has 0 unspecified atom stereocenters. The number of benzene rings is 2. The van der Waals surface area contributed by atoms with Crippen LogP contribution in [0, 0.1) is 5.92 Å². The topological polar surface area (TPSA) is 64.4 Å². The summed E-state index contributed by atoms with van der Waals surface area (Å²) in [4.78, 5) is 0.347. The first-order chi connectivity index (χ1) is 15.3. The molecule has 32 heavy (non-hydrogen) atoms. The van der Waals surface area contributed by atoms with Gasteiger partial charge in [0.25, 0.3) is 0 Å². The van der Waals surface area contributed by atoms with Gasteiger partial charge in [-0.05, 0) is 35.6 Å². The van der Waals surface area contributed by atoms with Crippen molar-refractivity contribution >= 4 is 10.0 Å². The summed E-state index contributed by atoms with van der Waals surface area (Å²) in [7, 11) is -1.65. The molecule has 170 valence electrons. The third-order valence-corrected chi connectivity index (χ3v) is 7.71. The van der Waals surface area contributed by atoms with E-state index in [1.54, 1.807) is 16.4 Å². The molecule has 3 aromatic rings. The van der Waals surface area contributed by atoms with Crippen molar-refractivity contribution in [2.45, 2.75) is 51.3 Å². The molecule has 6 nitrogen and oxygen atoms in total. The number of aromatic nitrogens is 2. The second-order valence-electron chi connectivity index (χ2n) is 8.80. The van der Waals surface area contributed by atoms with Gasteiger partial charge in [0.2, 0.25) is 10.0 Å². The standard InChI is InChI=1S/C25H31N3O3S/c1-19(2)15-20-9-11-22(12-10-20)32(29,30)28-14-13-25-23(16-28)24(26-27(25)3)18-31-17-21-7-5-4-6-8-21/h4-12,19H,13-18H2,1-3H3. The molecule has 4 rings (SSSR count). The number of fused-ring (bicyclic) bond motifs is 1. The number of hydrogen-bond acceptors (Lipinski definition) is 4. The van der Waals surface area contributed by atoms with E-state index in [-0.39, 0.29) is 0 Å². The van der Waals surface area contributed by atoms with Crippen LogP contribution in [0.2, 0.25) is 0 Å². The van der Waals surface area contributed by atoms with Crippen LogP contribution in [0.5, 0.6) is 0 Å². The molecule has 0 N–H and O–H groups in total. The van der Waals surface area contributed by atoms with Crippen molar-refractivity contribution < 1.29 is 13.2 Å². The molecule has 0 amide bonds. The summed E-state index contributed by atoms with van der Waals surface area (Å²) in [5.74, 6) is 0.533. The molecular weight excluding hydrogens is 422 g/mol. The second-order valence-corrected chi connectivity index (χ2v) is 10.7. The van der Waals surface area contributed by atoms with Crippen LogP contribution in [0.4, 0.5) is 0 Å². The van der Waals surface area contributed by atoms with E-state index in [1.165, 1.54) is 0 Å². The van der Waals surface area contributed by atoms with Gasteiger partial charge < -0.3 is 4.74 Å². The van der Waals surface area contributed by atoms with Gasteiger partial charge in [0.1, 0.15) is 0 Å². The molecule has 0 saturated carbocycles. The SMILES string of the molecule is CC(C)Cc1ccc(S(=O)(=O)N2CCc3c(c(COCc4ccccc4)nn3C)C2)cc1. The summed E-state index contributed by atoms with van der Waals surface area (Å²) >= 11 is 0. The third-order valence-electron chi connectivity index (χ3n) is 5.85. The zero-order chi connectivity index (χ0) is 22.7. The largest absolute Gasteiger partial charge is 0.370 e. The Labute approximate surface area is 190 Å². The molecular formula is C25H31N3O3S. The maximum atomic E-state index is 13.3. The maximum Gasteiger partial charge on any atom is 0.243 e. The van der Waals surface area contributed by atoms with Crippen molar-refractivity contribution in [2.75, 3.05) is 6.54 Å². The first-order valence-corrected chi connectivity index (χ1v) is 12.5. The molecule has 0 fully saturated rings. The summed E-state index contributed by atoms with van der Waals surface area (Å²) in [6.07, 6.45) is 1.58. The average Bonchev–Trinajstić information content (AvgIpc) is 3.09. The third kappa shape index (κ3) is 4.95. The summed E-state index contributed by atoms with van der Waals surface area (Å²) in [5.41, 5.74) is 5.12. The summed E-state index contributed by atoms with van der Waals surface area (Å²) in [5, 5.41) is 4.62. The van der Waals surface area contributed by atoms with E-state index in [0.29, 0.717) is 43.5 Å². The molecule has 0 radical (unpaired) electrons. The van der Waals surface area contributed by atoms with Crippen molar-refractivity contribution in [2.24, 2.45) is 13.0 Å². The average molecular weight is 454 g/mol. The Kier molecular flexibility index (Phi) is 6.79. The molecule has 1 aromatic heterocycles. The number of hydrogen-bond donors (Lipinski definition) is 0. The molecule has 0 atom stereocenters. The minimum atomic E-state index is -3.57. The summed E-state index contributed by atoms with van der Waals surface area (Å²) in [6.45, 7) is 5.94. The van der Waals surface area contributed by atoms with E-state index in [4.69, 9.17) is 4.74 Å².